The number of amides is 1. The summed E-state index contributed by atoms with van der Waals surface area (Å²) in [6.07, 6.45) is 1.50. The number of hydrogen-bond acceptors (Lipinski definition) is 4. The summed E-state index contributed by atoms with van der Waals surface area (Å²) in [6.45, 7) is 4.57. The molecule has 118 valence electrons. The van der Waals surface area contributed by atoms with E-state index in [-0.39, 0.29) is 17.9 Å². The average molecular weight is 302 g/mol. The number of rotatable bonds is 6. The van der Waals surface area contributed by atoms with Gasteiger partial charge in [0.1, 0.15) is 12.2 Å². The van der Waals surface area contributed by atoms with Crippen LogP contribution in [0, 0.1) is 5.92 Å². The van der Waals surface area contributed by atoms with E-state index in [1.54, 1.807) is 17.9 Å². The first-order chi connectivity index (χ1) is 10.5. The van der Waals surface area contributed by atoms with Gasteiger partial charge < -0.3 is 10.1 Å². The standard InChI is InChI=1S/C16H22N4O2/c1-11(2)14(15-17-10-18-20(15)3)19-16(21)13-7-5-6-12(8-13)9-22-4/h5-8,10-11,14H,9H2,1-4H3,(H,19,21)/t14-/m0/s1. The Labute approximate surface area is 130 Å². The molecular weight excluding hydrogens is 280 g/mol. The number of carbonyl (C=O) groups excluding carboxylic acids is 1. The highest BCUT2D eigenvalue weighted by Gasteiger charge is 2.23. The number of benzene rings is 1. The lowest BCUT2D eigenvalue weighted by atomic mass is 10.0. The summed E-state index contributed by atoms with van der Waals surface area (Å²) in [5.41, 5.74) is 1.58. The van der Waals surface area contributed by atoms with Crippen molar-refractivity contribution in [3.05, 3.63) is 47.5 Å². The molecule has 0 spiro atoms. The first kappa shape index (κ1) is 16.2. The Morgan fingerprint density at radius 1 is 1.41 bits per heavy atom. The first-order valence-electron chi connectivity index (χ1n) is 7.25. The Morgan fingerprint density at radius 3 is 2.77 bits per heavy atom. The number of ether oxygens (including phenoxy) is 1. The highest BCUT2D eigenvalue weighted by Crippen LogP contribution is 2.19. The molecule has 1 N–H and O–H groups in total. The average Bonchev–Trinajstić information content (AvgIpc) is 2.91. The molecule has 1 atom stereocenters. The molecule has 6 nitrogen and oxygen atoms in total. The molecular formula is C16H22N4O2. The van der Waals surface area contributed by atoms with E-state index < -0.39 is 0 Å². The zero-order valence-corrected chi connectivity index (χ0v) is 13.4. The van der Waals surface area contributed by atoms with Crippen LogP contribution >= 0.6 is 0 Å². The number of aromatic nitrogens is 3. The molecule has 6 heteroatoms. The van der Waals surface area contributed by atoms with Gasteiger partial charge >= 0.3 is 0 Å². The van der Waals surface area contributed by atoms with Crippen molar-refractivity contribution in [2.24, 2.45) is 13.0 Å². The lowest BCUT2D eigenvalue weighted by molar-refractivity contribution is 0.0921. The Morgan fingerprint density at radius 2 is 2.18 bits per heavy atom. The topological polar surface area (TPSA) is 69.0 Å². The molecule has 0 aliphatic heterocycles. The molecule has 2 rings (SSSR count). The summed E-state index contributed by atoms with van der Waals surface area (Å²) in [7, 11) is 3.46. The third kappa shape index (κ3) is 3.71. The predicted molar refractivity (Wildman–Crippen MR) is 83.2 cm³/mol. The number of hydrogen-bond donors (Lipinski definition) is 1. The molecule has 1 amide bonds. The van der Waals surface area contributed by atoms with Gasteiger partial charge in [-0.1, -0.05) is 26.0 Å². The van der Waals surface area contributed by atoms with Crippen LogP contribution in [0.15, 0.2) is 30.6 Å². The second kappa shape index (κ2) is 7.17. The fourth-order valence-corrected chi connectivity index (χ4v) is 2.31. The number of nitrogens with one attached hydrogen (secondary N) is 1. The number of methoxy groups -OCH3 is 1. The summed E-state index contributed by atoms with van der Waals surface area (Å²) >= 11 is 0. The third-order valence-electron chi connectivity index (χ3n) is 3.48. The highest BCUT2D eigenvalue weighted by molar-refractivity contribution is 5.94. The third-order valence-corrected chi connectivity index (χ3v) is 3.48. The van der Waals surface area contributed by atoms with Crippen molar-refractivity contribution in [2.45, 2.75) is 26.5 Å². The Bertz CT molecular complexity index is 637. The van der Waals surface area contributed by atoms with Gasteiger partial charge in [0.05, 0.1) is 12.6 Å². The van der Waals surface area contributed by atoms with Crippen LogP contribution in [0.3, 0.4) is 0 Å². The minimum absolute atomic E-state index is 0.125. The van der Waals surface area contributed by atoms with Crippen LogP contribution in [-0.2, 0) is 18.4 Å². The Balaban J connectivity index is 2.18. The van der Waals surface area contributed by atoms with Crippen LogP contribution in [0.4, 0.5) is 0 Å². The molecule has 0 aliphatic carbocycles. The molecule has 0 bridgehead atoms. The van der Waals surface area contributed by atoms with Gasteiger partial charge in [0.15, 0.2) is 0 Å². The molecule has 2 aromatic rings. The van der Waals surface area contributed by atoms with E-state index in [1.165, 1.54) is 6.33 Å². The minimum Gasteiger partial charge on any atom is -0.380 e. The summed E-state index contributed by atoms with van der Waals surface area (Å²) < 4.78 is 6.79. The van der Waals surface area contributed by atoms with Crippen molar-refractivity contribution >= 4 is 5.91 Å². The van der Waals surface area contributed by atoms with Gasteiger partial charge in [-0.3, -0.25) is 9.48 Å². The quantitative estimate of drug-likeness (QED) is 0.887. The van der Waals surface area contributed by atoms with Crippen LogP contribution in [0.1, 0.15) is 41.6 Å². The smallest absolute Gasteiger partial charge is 0.251 e. The van der Waals surface area contributed by atoms with Gasteiger partial charge in [0, 0.05) is 19.7 Å². The molecule has 1 heterocycles. The molecule has 0 aliphatic rings. The van der Waals surface area contributed by atoms with Crippen LogP contribution in [0.25, 0.3) is 0 Å². The van der Waals surface area contributed by atoms with E-state index in [9.17, 15) is 4.79 Å². The van der Waals surface area contributed by atoms with Crippen LogP contribution in [0.5, 0.6) is 0 Å². The van der Waals surface area contributed by atoms with Gasteiger partial charge in [-0.25, -0.2) is 4.98 Å². The van der Waals surface area contributed by atoms with Crippen molar-refractivity contribution in [1.82, 2.24) is 20.1 Å². The molecule has 0 radical (unpaired) electrons. The second-order valence-electron chi connectivity index (χ2n) is 5.57. The van der Waals surface area contributed by atoms with Gasteiger partial charge in [-0.2, -0.15) is 5.10 Å². The van der Waals surface area contributed by atoms with E-state index in [0.29, 0.717) is 12.2 Å². The van der Waals surface area contributed by atoms with E-state index in [0.717, 1.165) is 11.4 Å². The second-order valence-corrected chi connectivity index (χ2v) is 5.57. The van der Waals surface area contributed by atoms with Crippen LogP contribution in [-0.4, -0.2) is 27.8 Å². The maximum atomic E-state index is 12.5. The maximum absolute atomic E-state index is 12.5. The van der Waals surface area contributed by atoms with Gasteiger partial charge in [-0.15, -0.1) is 0 Å². The zero-order chi connectivity index (χ0) is 16.1. The largest absolute Gasteiger partial charge is 0.380 e. The molecule has 22 heavy (non-hydrogen) atoms. The van der Waals surface area contributed by atoms with Crippen LogP contribution < -0.4 is 5.32 Å². The fraction of sp³-hybridized carbons (Fsp3) is 0.438. The number of nitrogens with zero attached hydrogens (tertiary/aromatic N) is 3. The molecule has 0 fully saturated rings. The molecule has 1 aromatic carbocycles. The van der Waals surface area contributed by atoms with Crippen LogP contribution in [0.2, 0.25) is 0 Å². The minimum atomic E-state index is -0.189. The first-order valence-corrected chi connectivity index (χ1v) is 7.25. The van der Waals surface area contributed by atoms with Gasteiger partial charge in [0.2, 0.25) is 0 Å². The normalized spacial score (nSPS) is 12.4. The fourth-order valence-electron chi connectivity index (χ4n) is 2.31. The Kier molecular flexibility index (Phi) is 5.27. The molecule has 1 aromatic heterocycles. The lowest BCUT2D eigenvalue weighted by Gasteiger charge is -2.21. The van der Waals surface area contributed by atoms with Crippen molar-refractivity contribution in [3.8, 4) is 0 Å². The molecule has 0 saturated heterocycles. The Hall–Kier alpha value is -2.21. The molecule has 0 unspecified atom stereocenters. The highest BCUT2D eigenvalue weighted by atomic mass is 16.5. The number of aryl methyl sites for hydroxylation is 1. The van der Waals surface area contributed by atoms with E-state index in [2.05, 4.69) is 15.4 Å². The predicted octanol–water partition coefficient (Wildman–Crippen LogP) is 2.09. The van der Waals surface area contributed by atoms with Crippen molar-refractivity contribution in [2.75, 3.05) is 7.11 Å². The van der Waals surface area contributed by atoms with E-state index in [4.69, 9.17) is 4.74 Å². The van der Waals surface area contributed by atoms with Crippen molar-refractivity contribution in [1.29, 1.82) is 0 Å². The summed E-state index contributed by atoms with van der Waals surface area (Å²) in [6, 6.07) is 7.24. The van der Waals surface area contributed by atoms with E-state index in [1.807, 2.05) is 39.1 Å². The van der Waals surface area contributed by atoms with Crippen molar-refractivity contribution < 1.29 is 9.53 Å². The van der Waals surface area contributed by atoms with Gasteiger partial charge in [-0.05, 0) is 23.6 Å². The molecule has 0 saturated carbocycles. The van der Waals surface area contributed by atoms with Gasteiger partial charge in [0.25, 0.3) is 5.91 Å². The SMILES string of the molecule is COCc1cccc(C(=O)N[C@H](c2ncnn2C)C(C)C)c1. The lowest BCUT2D eigenvalue weighted by Crippen LogP contribution is -2.33. The maximum Gasteiger partial charge on any atom is 0.251 e. The summed E-state index contributed by atoms with van der Waals surface area (Å²) in [4.78, 5) is 16.8. The van der Waals surface area contributed by atoms with E-state index >= 15 is 0 Å². The summed E-state index contributed by atoms with van der Waals surface area (Å²) in [5, 5.41) is 7.12. The monoisotopic (exact) mass is 302 g/mol. The summed E-state index contributed by atoms with van der Waals surface area (Å²) in [5.74, 6) is 0.824. The zero-order valence-electron chi connectivity index (χ0n) is 13.4. The number of carbonyl (C=O) groups is 1. The van der Waals surface area contributed by atoms with Crippen molar-refractivity contribution in [3.63, 3.8) is 0 Å².